The number of hydrogen-bond acceptors (Lipinski definition) is 3. The van der Waals surface area contributed by atoms with Crippen molar-refractivity contribution in [2.75, 3.05) is 13.2 Å². The monoisotopic (exact) mass is 331 g/mol. The largest absolute Gasteiger partial charge is 0.392 e. The van der Waals surface area contributed by atoms with Gasteiger partial charge in [0.05, 0.1) is 13.2 Å². The standard InChI is InChI=1S/C22H21NO2/c24-17-7-8-18-25-22(19-9-3-1-4-10-19,20-11-5-2-6-12-20)21-13-15-23-16-14-21/h1-16,24H,17-18H2. The lowest BCUT2D eigenvalue weighted by Gasteiger charge is -2.35. The molecule has 1 aromatic heterocycles. The van der Waals surface area contributed by atoms with E-state index in [4.69, 9.17) is 9.84 Å². The lowest BCUT2D eigenvalue weighted by atomic mass is 9.80. The normalized spacial score (nSPS) is 11.7. The number of rotatable bonds is 7. The molecule has 1 heterocycles. The molecule has 0 aliphatic carbocycles. The lowest BCUT2D eigenvalue weighted by molar-refractivity contribution is 0.0317. The Labute approximate surface area is 148 Å². The van der Waals surface area contributed by atoms with Crippen molar-refractivity contribution in [3.63, 3.8) is 0 Å². The van der Waals surface area contributed by atoms with Gasteiger partial charge in [-0.05, 0) is 28.8 Å². The van der Waals surface area contributed by atoms with Crippen molar-refractivity contribution >= 4 is 0 Å². The van der Waals surface area contributed by atoms with Crippen molar-refractivity contribution in [3.05, 3.63) is 114 Å². The summed E-state index contributed by atoms with van der Waals surface area (Å²) in [5.41, 5.74) is 2.36. The molecular formula is C22H21NO2. The molecule has 2 aromatic carbocycles. The number of pyridine rings is 1. The Bertz CT molecular complexity index is 689. The summed E-state index contributed by atoms with van der Waals surface area (Å²) >= 11 is 0. The molecule has 0 unspecified atom stereocenters. The van der Waals surface area contributed by atoms with Gasteiger partial charge in [-0.15, -0.1) is 0 Å². The minimum atomic E-state index is -0.745. The van der Waals surface area contributed by atoms with Crippen molar-refractivity contribution in [1.82, 2.24) is 4.98 Å². The molecule has 0 saturated carbocycles. The van der Waals surface area contributed by atoms with E-state index in [1.165, 1.54) is 0 Å². The third-order valence-electron chi connectivity index (χ3n) is 4.12. The first-order valence-corrected chi connectivity index (χ1v) is 8.29. The summed E-state index contributed by atoms with van der Waals surface area (Å²) in [5.74, 6) is 0. The highest BCUT2D eigenvalue weighted by atomic mass is 16.5. The van der Waals surface area contributed by atoms with E-state index < -0.39 is 5.60 Å². The van der Waals surface area contributed by atoms with Crippen molar-refractivity contribution in [2.24, 2.45) is 0 Å². The van der Waals surface area contributed by atoms with Crippen LogP contribution in [0.4, 0.5) is 0 Å². The second kappa shape index (κ2) is 8.38. The maximum atomic E-state index is 9.00. The summed E-state index contributed by atoms with van der Waals surface area (Å²) in [7, 11) is 0. The van der Waals surface area contributed by atoms with Gasteiger partial charge in [0.15, 0.2) is 0 Å². The van der Waals surface area contributed by atoms with Crippen molar-refractivity contribution in [3.8, 4) is 0 Å². The molecule has 0 bridgehead atoms. The highest BCUT2D eigenvalue weighted by molar-refractivity contribution is 5.46. The second-order valence-electron chi connectivity index (χ2n) is 5.61. The Morgan fingerprint density at radius 2 is 1.28 bits per heavy atom. The highest BCUT2D eigenvalue weighted by Gasteiger charge is 2.37. The lowest BCUT2D eigenvalue weighted by Crippen LogP contribution is -2.33. The Kier molecular flexibility index (Phi) is 5.73. The summed E-state index contributed by atoms with van der Waals surface area (Å²) < 4.78 is 6.46. The quantitative estimate of drug-likeness (QED) is 0.667. The van der Waals surface area contributed by atoms with E-state index in [1.54, 1.807) is 18.5 Å². The maximum absolute atomic E-state index is 9.00. The topological polar surface area (TPSA) is 42.4 Å². The maximum Gasteiger partial charge on any atom is 0.144 e. The molecule has 0 aliphatic heterocycles. The van der Waals surface area contributed by atoms with Crippen molar-refractivity contribution < 1.29 is 9.84 Å². The van der Waals surface area contributed by atoms with Gasteiger partial charge in [-0.25, -0.2) is 0 Å². The summed E-state index contributed by atoms with van der Waals surface area (Å²) in [6, 6.07) is 24.3. The van der Waals surface area contributed by atoms with Gasteiger partial charge >= 0.3 is 0 Å². The summed E-state index contributed by atoms with van der Waals surface area (Å²) in [4.78, 5) is 4.15. The highest BCUT2D eigenvalue weighted by Crippen LogP contribution is 2.40. The average molecular weight is 331 g/mol. The number of benzene rings is 2. The van der Waals surface area contributed by atoms with E-state index in [9.17, 15) is 0 Å². The molecule has 0 atom stereocenters. The van der Waals surface area contributed by atoms with Crippen LogP contribution in [0.15, 0.2) is 97.3 Å². The first kappa shape index (κ1) is 17.1. The zero-order chi connectivity index (χ0) is 17.4. The minimum absolute atomic E-state index is 0.00227. The van der Waals surface area contributed by atoms with Gasteiger partial charge < -0.3 is 9.84 Å². The Morgan fingerprint density at radius 3 is 1.80 bits per heavy atom. The Balaban J connectivity index is 2.18. The van der Waals surface area contributed by atoms with Crippen molar-refractivity contribution in [2.45, 2.75) is 5.60 Å². The van der Waals surface area contributed by atoms with Crippen LogP contribution in [-0.2, 0) is 10.3 Å². The van der Waals surface area contributed by atoms with Crippen LogP contribution in [0.3, 0.4) is 0 Å². The molecule has 3 heteroatoms. The number of aliphatic hydroxyl groups is 1. The van der Waals surface area contributed by atoms with E-state index in [2.05, 4.69) is 29.2 Å². The molecule has 3 nitrogen and oxygen atoms in total. The number of aromatic nitrogens is 1. The van der Waals surface area contributed by atoms with E-state index in [-0.39, 0.29) is 6.61 Å². The number of hydrogen-bond donors (Lipinski definition) is 1. The van der Waals surface area contributed by atoms with Crippen LogP contribution in [0, 0.1) is 0 Å². The number of nitrogens with zero attached hydrogens (tertiary/aromatic N) is 1. The van der Waals surface area contributed by atoms with Gasteiger partial charge in [0.1, 0.15) is 5.60 Å². The van der Waals surface area contributed by atoms with Crippen LogP contribution in [0.25, 0.3) is 0 Å². The smallest absolute Gasteiger partial charge is 0.144 e. The fraction of sp³-hybridized carbons (Fsp3) is 0.136. The van der Waals surface area contributed by atoms with Crippen LogP contribution in [0.5, 0.6) is 0 Å². The SMILES string of the molecule is OCC=CCOC(c1ccccc1)(c1ccccc1)c1ccncc1. The van der Waals surface area contributed by atoms with Gasteiger partial charge in [0, 0.05) is 12.4 Å². The molecule has 0 saturated heterocycles. The number of ether oxygens (including phenoxy) is 1. The zero-order valence-electron chi connectivity index (χ0n) is 14.0. The molecule has 0 fully saturated rings. The minimum Gasteiger partial charge on any atom is -0.392 e. The first-order valence-electron chi connectivity index (χ1n) is 8.29. The second-order valence-corrected chi connectivity index (χ2v) is 5.61. The molecule has 3 rings (SSSR count). The predicted octanol–water partition coefficient (Wildman–Crippen LogP) is 3.94. The summed E-state index contributed by atoms with van der Waals surface area (Å²) in [6.07, 6.45) is 7.08. The van der Waals surface area contributed by atoms with Crippen LogP contribution < -0.4 is 0 Å². The van der Waals surface area contributed by atoms with Gasteiger partial charge in [-0.1, -0.05) is 72.8 Å². The van der Waals surface area contributed by atoms with Crippen LogP contribution >= 0.6 is 0 Å². The molecule has 0 spiro atoms. The fourth-order valence-corrected chi connectivity index (χ4v) is 3.00. The molecule has 1 N–H and O–H groups in total. The summed E-state index contributed by atoms with van der Waals surface area (Å²) in [5, 5.41) is 9.00. The first-order chi connectivity index (χ1) is 12.4. The van der Waals surface area contributed by atoms with E-state index >= 15 is 0 Å². The third-order valence-corrected chi connectivity index (χ3v) is 4.12. The average Bonchev–Trinajstić information content (AvgIpc) is 2.70. The number of aliphatic hydroxyl groups excluding tert-OH is 1. The van der Waals surface area contributed by atoms with Crippen LogP contribution in [-0.4, -0.2) is 23.3 Å². The van der Waals surface area contributed by atoms with Crippen LogP contribution in [0.1, 0.15) is 16.7 Å². The fourth-order valence-electron chi connectivity index (χ4n) is 3.00. The predicted molar refractivity (Wildman–Crippen MR) is 99.2 cm³/mol. The van der Waals surface area contributed by atoms with Crippen LogP contribution in [0.2, 0.25) is 0 Å². The molecule has 25 heavy (non-hydrogen) atoms. The molecule has 0 aliphatic rings. The zero-order valence-corrected chi connectivity index (χ0v) is 14.0. The third kappa shape index (κ3) is 3.68. The molecule has 126 valence electrons. The van der Waals surface area contributed by atoms with Gasteiger partial charge in [-0.3, -0.25) is 4.98 Å². The van der Waals surface area contributed by atoms with Gasteiger partial charge in [0.2, 0.25) is 0 Å². The Hall–Kier alpha value is -2.75. The van der Waals surface area contributed by atoms with E-state index in [0.29, 0.717) is 6.61 Å². The van der Waals surface area contributed by atoms with Gasteiger partial charge in [-0.2, -0.15) is 0 Å². The Morgan fingerprint density at radius 1 is 0.760 bits per heavy atom. The van der Waals surface area contributed by atoms with Crippen molar-refractivity contribution in [1.29, 1.82) is 0 Å². The molecule has 0 amide bonds. The molecular weight excluding hydrogens is 310 g/mol. The molecule has 0 radical (unpaired) electrons. The molecule has 3 aromatic rings. The van der Waals surface area contributed by atoms with E-state index in [1.807, 2.05) is 54.6 Å². The van der Waals surface area contributed by atoms with Gasteiger partial charge in [0.25, 0.3) is 0 Å². The van der Waals surface area contributed by atoms with E-state index in [0.717, 1.165) is 16.7 Å². The summed E-state index contributed by atoms with van der Waals surface area (Å²) in [6.45, 7) is 0.384.